The van der Waals surface area contributed by atoms with Crippen LogP contribution in [0.5, 0.6) is 0 Å². The summed E-state index contributed by atoms with van der Waals surface area (Å²) < 4.78 is 5.01. The molecule has 1 saturated heterocycles. The maximum absolute atomic E-state index is 11.7. The van der Waals surface area contributed by atoms with Gasteiger partial charge in [-0.3, -0.25) is 4.79 Å². The van der Waals surface area contributed by atoms with E-state index in [0.717, 1.165) is 13.1 Å². The van der Waals surface area contributed by atoms with Crippen LogP contribution in [0.15, 0.2) is 0 Å². The molecule has 1 unspecified atom stereocenters. The van der Waals surface area contributed by atoms with Crippen LogP contribution in [0.4, 0.5) is 0 Å². The van der Waals surface area contributed by atoms with Gasteiger partial charge in [-0.05, 0) is 39.8 Å². The molecule has 1 atom stereocenters. The summed E-state index contributed by atoms with van der Waals surface area (Å²) in [4.78, 5) is 14.0. The summed E-state index contributed by atoms with van der Waals surface area (Å²) in [7, 11) is 0. The molecule has 0 aliphatic carbocycles. The summed E-state index contributed by atoms with van der Waals surface area (Å²) >= 11 is 0. The molecule has 4 nitrogen and oxygen atoms in total. The second kappa shape index (κ2) is 6.97. The van der Waals surface area contributed by atoms with Gasteiger partial charge in [0.1, 0.15) is 5.54 Å². The molecule has 2 N–H and O–H groups in total. The van der Waals surface area contributed by atoms with Gasteiger partial charge in [-0.25, -0.2) is 0 Å². The van der Waals surface area contributed by atoms with Gasteiger partial charge < -0.3 is 15.4 Å². The van der Waals surface area contributed by atoms with Gasteiger partial charge in [0.25, 0.3) is 0 Å². The molecule has 0 aromatic rings. The second-order valence-corrected chi connectivity index (χ2v) is 5.18. The Morgan fingerprint density at radius 3 is 2.29 bits per heavy atom. The average Bonchev–Trinajstić information content (AvgIpc) is 2.22. The van der Waals surface area contributed by atoms with Gasteiger partial charge in [-0.2, -0.15) is 0 Å². The van der Waals surface area contributed by atoms with Crippen LogP contribution in [-0.4, -0.2) is 42.6 Å². The Hall–Kier alpha value is -0.610. The van der Waals surface area contributed by atoms with Crippen LogP contribution in [0.3, 0.4) is 0 Å². The SMILES string of the molecule is CCOC(=O)C(C)(N)CN1CCCCCCC1. The lowest BCUT2D eigenvalue weighted by Gasteiger charge is -2.31. The molecule has 0 spiro atoms. The molecule has 1 fully saturated rings. The van der Waals surface area contributed by atoms with Crippen molar-refractivity contribution >= 4 is 5.97 Å². The highest BCUT2D eigenvalue weighted by Gasteiger charge is 2.32. The lowest BCUT2D eigenvalue weighted by atomic mass is 10.0. The highest BCUT2D eigenvalue weighted by Crippen LogP contribution is 2.13. The predicted molar refractivity (Wildman–Crippen MR) is 68.8 cm³/mol. The monoisotopic (exact) mass is 242 g/mol. The van der Waals surface area contributed by atoms with E-state index in [1.54, 1.807) is 6.92 Å². The van der Waals surface area contributed by atoms with Crippen molar-refractivity contribution in [2.24, 2.45) is 5.73 Å². The molecule has 0 radical (unpaired) electrons. The fraction of sp³-hybridized carbons (Fsp3) is 0.923. The van der Waals surface area contributed by atoms with E-state index in [9.17, 15) is 4.79 Å². The lowest BCUT2D eigenvalue weighted by Crippen LogP contribution is -2.55. The van der Waals surface area contributed by atoms with Crippen molar-refractivity contribution in [3.05, 3.63) is 0 Å². The van der Waals surface area contributed by atoms with Crippen LogP contribution in [0, 0.1) is 0 Å². The number of nitrogens with zero attached hydrogens (tertiary/aromatic N) is 1. The third kappa shape index (κ3) is 5.04. The van der Waals surface area contributed by atoms with E-state index < -0.39 is 5.54 Å². The molecular formula is C13H26N2O2. The van der Waals surface area contributed by atoms with Crippen LogP contribution in [0.25, 0.3) is 0 Å². The highest BCUT2D eigenvalue weighted by molar-refractivity contribution is 5.80. The standard InChI is InChI=1S/C13H26N2O2/c1-3-17-12(16)13(2,14)11-15-9-7-5-4-6-8-10-15/h3-11,14H2,1-2H3. The van der Waals surface area contributed by atoms with E-state index in [0.29, 0.717) is 13.2 Å². The third-order valence-electron chi connectivity index (χ3n) is 3.24. The molecule has 1 aliphatic rings. The molecule has 0 aromatic carbocycles. The van der Waals surface area contributed by atoms with Gasteiger partial charge in [0.05, 0.1) is 6.61 Å². The van der Waals surface area contributed by atoms with Crippen molar-refractivity contribution in [2.45, 2.75) is 51.5 Å². The van der Waals surface area contributed by atoms with Crippen molar-refractivity contribution in [3.63, 3.8) is 0 Å². The Labute approximate surface area is 104 Å². The molecule has 0 amide bonds. The first-order valence-electron chi connectivity index (χ1n) is 6.74. The van der Waals surface area contributed by atoms with Crippen molar-refractivity contribution < 1.29 is 9.53 Å². The van der Waals surface area contributed by atoms with E-state index in [-0.39, 0.29) is 5.97 Å². The number of hydrogen-bond acceptors (Lipinski definition) is 4. The smallest absolute Gasteiger partial charge is 0.327 e. The first-order chi connectivity index (χ1) is 8.06. The molecule has 100 valence electrons. The molecular weight excluding hydrogens is 216 g/mol. The summed E-state index contributed by atoms with van der Waals surface area (Å²) in [6, 6.07) is 0. The third-order valence-corrected chi connectivity index (χ3v) is 3.24. The largest absolute Gasteiger partial charge is 0.465 e. The van der Waals surface area contributed by atoms with Gasteiger partial charge in [0, 0.05) is 6.54 Å². The number of ether oxygens (including phenoxy) is 1. The van der Waals surface area contributed by atoms with Crippen LogP contribution >= 0.6 is 0 Å². The van der Waals surface area contributed by atoms with Gasteiger partial charge in [0.2, 0.25) is 0 Å². The zero-order valence-electron chi connectivity index (χ0n) is 11.2. The minimum Gasteiger partial charge on any atom is -0.465 e. The van der Waals surface area contributed by atoms with Crippen LogP contribution in [-0.2, 0) is 9.53 Å². The quantitative estimate of drug-likeness (QED) is 0.760. The van der Waals surface area contributed by atoms with E-state index in [4.69, 9.17) is 10.5 Å². The van der Waals surface area contributed by atoms with Crippen LogP contribution in [0.2, 0.25) is 0 Å². The average molecular weight is 242 g/mol. The maximum atomic E-state index is 11.7. The van der Waals surface area contributed by atoms with Crippen LogP contribution in [0.1, 0.15) is 46.0 Å². The van der Waals surface area contributed by atoms with E-state index in [1.165, 1.54) is 32.1 Å². The fourth-order valence-electron chi connectivity index (χ4n) is 2.30. The Bertz CT molecular complexity index is 234. The molecule has 1 rings (SSSR count). The summed E-state index contributed by atoms with van der Waals surface area (Å²) in [5.74, 6) is -0.290. The number of hydrogen-bond donors (Lipinski definition) is 1. The van der Waals surface area contributed by atoms with Gasteiger partial charge in [-0.1, -0.05) is 19.3 Å². The Morgan fingerprint density at radius 1 is 1.24 bits per heavy atom. The summed E-state index contributed by atoms with van der Waals surface area (Å²) in [6.45, 7) is 6.67. The normalized spacial score (nSPS) is 22.3. The molecule has 4 heteroatoms. The van der Waals surface area contributed by atoms with E-state index in [1.807, 2.05) is 6.92 Å². The summed E-state index contributed by atoms with van der Waals surface area (Å²) in [5.41, 5.74) is 5.17. The second-order valence-electron chi connectivity index (χ2n) is 5.18. The Kier molecular flexibility index (Phi) is 5.92. The number of carbonyl (C=O) groups is 1. The molecule has 1 aliphatic heterocycles. The number of esters is 1. The Morgan fingerprint density at radius 2 is 1.76 bits per heavy atom. The van der Waals surface area contributed by atoms with Crippen LogP contribution < -0.4 is 5.73 Å². The highest BCUT2D eigenvalue weighted by atomic mass is 16.5. The number of rotatable bonds is 4. The van der Waals surface area contributed by atoms with Gasteiger partial charge in [0.15, 0.2) is 0 Å². The molecule has 1 heterocycles. The zero-order chi connectivity index (χ0) is 12.7. The maximum Gasteiger partial charge on any atom is 0.327 e. The predicted octanol–water partition coefficient (Wildman–Crippen LogP) is 1.53. The summed E-state index contributed by atoms with van der Waals surface area (Å²) in [5, 5.41) is 0. The fourth-order valence-corrected chi connectivity index (χ4v) is 2.30. The Balaban J connectivity index is 2.46. The van der Waals surface area contributed by atoms with Gasteiger partial charge in [-0.15, -0.1) is 0 Å². The van der Waals surface area contributed by atoms with Gasteiger partial charge >= 0.3 is 5.97 Å². The molecule has 17 heavy (non-hydrogen) atoms. The van der Waals surface area contributed by atoms with E-state index in [2.05, 4.69) is 4.90 Å². The summed E-state index contributed by atoms with van der Waals surface area (Å²) in [6.07, 6.45) is 6.33. The molecule has 0 aromatic heterocycles. The minimum absolute atomic E-state index is 0.290. The van der Waals surface area contributed by atoms with E-state index >= 15 is 0 Å². The topological polar surface area (TPSA) is 55.6 Å². The molecule has 0 saturated carbocycles. The zero-order valence-corrected chi connectivity index (χ0v) is 11.2. The minimum atomic E-state index is -0.880. The molecule has 0 bridgehead atoms. The first kappa shape index (κ1) is 14.5. The lowest BCUT2D eigenvalue weighted by molar-refractivity contribution is -0.149. The van der Waals surface area contributed by atoms with Crippen molar-refractivity contribution in [1.29, 1.82) is 0 Å². The van der Waals surface area contributed by atoms with Crippen molar-refractivity contribution in [2.75, 3.05) is 26.2 Å². The number of likely N-dealkylation sites (tertiary alicyclic amines) is 1. The number of carbonyl (C=O) groups excluding carboxylic acids is 1. The van der Waals surface area contributed by atoms with Crippen molar-refractivity contribution in [3.8, 4) is 0 Å². The van der Waals surface area contributed by atoms with Crippen molar-refractivity contribution in [1.82, 2.24) is 4.90 Å². The number of nitrogens with two attached hydrogens (primary N) is 1. The first-order valence-corrected chi connectivity index (χ1v) is 6.74.